The molecule has 4 unspecified atom stereocenters. The van der Waals surface area contributed by atoms with Crippen LogP contribution >= 0.6 is 0 Å². The summed E-state index contributed by atoms with van der Waals surface area (Å²) in [5.74, 6) is -0.969. The maximum absolute atomic E-state index is 13.4. The maximum Gasteiger partial charge on any atom is 0.327 e. The number of hydrogen-bond acceptors (Lipinski definition) is 7. The van der Waals surface area contributed by atoms with Gasteiger partial charge in [-0.2, -0.15) is 0 Å². The second kappa shape index (κ2) is 8.09. The summed E-state index contributed by atoms with van der Waals surface area (Å²) >= 11 is 0. The van der Waals surface area contributed by atoms with Crippen LogP contribution in [0, 0.1) is 11.8 Å². The predicted octanol–water partition coefficient (Wildman–Crippen LogP) is -0.0850. The maximum atomic E-state index is 13.4. The molecule has 0 spiro atoms. The largest absolute Gasteiger partial charge is 0.327 e. The molecule has 4 fully saturated rings. The number of ketones is 1. The average molecular weight is 456 g/mol. The number of carbonyl (C=O) groups excluding carboxylic acids is 3. The number of hydrogen-bond donors (Lipinski definition) is 2. The van der Waals surface area contributed by atoms with E-state index in [-0.39, 0.29) is 42.7 Å². The number of imide groups is 1. The molecule has 0 aromatic heterocycles. The molecule has 11 heteroatoms. The topological polar surface area (TPSA) is 119 Å². The Morgan fingerprint density at radius 2 is 1.97 bits per heavy atom. The standard InChI is InChI=1S/C20H33N5O5S/c1-13(26)10-24-17-5-4-15(31(29,30)22-20(2)6-7-20)8-16(17)18(27)25(19(24)28)12-14-9-21-23(3)11-14/h14-17,21-22H,4-12H2,1-3H3. The Morgan fingerprint density at radius 3 is 2.55 bits per heavy atom. The molecule has 2 N–H and O–H groups in total. The number of rotatable bonds is 7. The van der Waals surface area contributed by atoms with E-state index in [0.29, 0.717) is 25.9 Å². The third-order valence-corrected chi connectivity index (χ3v) is 9.15. The van der Waals surface area contributed by atoms with Crippen molar-refractivity contribution < 1.29 is 22.8 Å². The van der Waals surface area contributed by atoms with Gasteiger partial charge in [-0.05, 0) is 46.0 Å². The molecule has 0 aromatic rings. The van der Waals surface area contributed by atoms with Crippen LogP contribution in [0.4, 0.5) is 4.79 Å². The molecule has 4 aliphatic rings. The summed E-state index contributed by atoms with van der Waals surface area (Å²) in [6, 6.07) is -0.853. The molecule has 0 bridgehead atoms. The lowest BCUT2D eigenvalue weighted by molar-refractivity contribution is -0.142. The zero-order chi connectivity index (χ0) is 22.6. The molecular formula is C20H33N5O5S. The minimum atomic E-state index is -3.56. The van der Waals surface area contributed by atoms with E-state index in [1.54, 1.807) is 0 Å². The van der Waals surface area contributed by atoms with Crippen molar-refractivity contribution in [2.24, 2.45) is 11.8 Å². The first-order valence-corrected chi connectivity index (χ1v) is 12.6. The summed E-state index contributed by atoms with van der Waals surface area (Å²) in [7, 11) is -1.66. The van der Waals surface area contributed by atoms with Crippen LogP contribution in [0.2, 0.25) is 0 Å². The van der Waals surface area contributed by atoms with Gasteiger partial charge in [0.15, 0.2) is 0 Å². The second-order valence-electron chi connectivity index (χ2n) is 9.99. The molecule has 2 heterocycles. The lowest BCUT2D eigenvalue weighted by Crippen LogP contribution is -2.65. The van der Waals surface area contributed by atoms with Crippen molar-refractivity contribution in [3.8, 4) is 0 Å². The number of amides is 3. The Bertz CT molecular complexity index is 873. The van der Waals surface area contributed by atoms with Crippen LogP contribution in [0.25, 0.3) is 0 Å². The summed E-state index contributed by atoms with van der Waals surface area (Å²) < 4.78 is 28.7. The molecule has 3 amide bonds. The Kier molecular flexibility index (Phi) is 5.91. The summed E-state index contributed by atoms with van der Waals surface area (Å²) in [5, 5.41) is 1.26. The first-order chi connectivity index (χ1) is 14.5. The fourth-order valence-electron chi connectivity index (χ4n) is 5.12. The first-order valence-electron chi connectivity index (χ1n) is 11.1. The van der Waals surface area contributed by atoms with Gasteiger partial charge in [0, 0.05) is 44.2 Å². The number of sulfonamides is 1. The Labute approximate surface area is 183 Å². The third kappa shape index (κ3) is 4.64. The number of carbonyl (C=O) groups is 3. The quantitative estimate of drug-likeness (QED) is 0.551. The van der Waals surface area contributed by atoms with Gasteiger partial charge in [0.05, 0.1) is 17.7 Å². The molecule has 4 rings (SSSR count). The van der Waals surface area contributed by atoms with E-state index in [2.05, 4.69) is 10.1 Å². The number of nitrogens with one attached hydrogen (secondary N) is 2. The molecule has 2 aliphatic carbocycles. The number of fused-ring (bicyclic) bond motifs is 1. The van der Waals surface area contributed by atoms with E-state index in [9.17, 15) is 22.8 Å². The van der Waals surface area contributed by atoms with Gasteiger partial charge >= 0.3 is 6.03 Å². The van der Waals surface area contributed by atoms with Crippen LogP contribution < -0.4 is 10.1 Å². The highest BCUT2D eigenvalue weighted by atomic mass is 32.2. The van der Waals surface area contributed by atoms with Crippen molar-refractivity contribution in [1.82, 2.24) is 25.0 Å². The molecular weight excluding hydrogens is 422 g/mol. The van der Waals surface area contributed by atoms with Crippen molar-refractivity contribution in [3.63, 3.8) is 0 Å². The molecule has 2 saturated carbocycles. The average Bonchev–Trinajstić information content (AvgIpc) is 3.25. The second-order valence-corrected chi connectivity index (χ2v) is 11.9. The molecule has 2 saturated heterocycles. The van der Waals surface area contributed by atoms with E-state index in [4.69, 9.17) is 0 Å². The molecule has 4 atom stereocenters. The Balaban J connectivity index is 1.55. The molecule has 10 nitrogen and oxygen atoms in total. The van der Waals surface area contributed by atoms with Gasteiger partial charge in [0.2, 0.25) is 15.9 Å². The lowest BCUT2D eigenvalue weighted by Gasteiger charge is -2.48. The summed E-state index contributed by atoms with van der Waals surface area (Å²) in [4.78, 5) is 41.2. The molecule has 0 aromatic carbocycles. The van der Waals surface area contributed by atoms with Crippen molar-refractivity contribution >= 4 is 27.7 Å². The molecule has 2 aliphatic heterocycles. The monoisotopic (exact) mass is 455 g/mol. The van der Waals surface area contributed by atoms with Gasteiger partial charge in [0.25, 0.3) is 0 Å². The highest BCUT2D eigenvalue weighted by Crippen LogP contribution is 2.40. The van der Waals surface area contributed by atoms with Crippen molar-refractivity contribution in [1.29, 1.82) is 0 Å². The van der Waals surface area contributed by atoms with Crippen LogP contribution in [-0.2, 0) is 19.6 Å². The minimum Gasteiger partial charge on any atom is -0.313 e. The number of Topliss-reactive ketones (excluding diaryl/α,β-unsaturated/α-hetero) is 1. The van der Waals surface area contributed by atoms with Crippen molar-refractivity contribution in [3.05, 3.63) is 0 Å². The fraction of sp³-hybridized carbons (Fsp3) is 0.850. The Hall–Kier alpha value is -1.56. The van der Waals surface area contributed by atoms with E-state index in [1.807, 2.05) is 19.0 Å². The number of urea groups is 1. The molecule has 174 valence electrons. The summed E-state index contributed by atoms with van der Waals surface area (Å²) in [5.41, 5.74) is 2.81. The minimum absolute atomic E-state index is 0.0552. The van der Waals surface area contributed by atoms with E-state index in [0.717, 1.165) is 12.8 Å². The van der Waals surface area contributed by atoms with Gasteiger partial charge in [-0.1, -0.05) is 0 Å². The van der Waals surface area contributed by atoms with Gasteiger partial charge in [-0.15, -0.1) is 0 Å². The van der Waals surface area contributed by atoms with Crippen LogP contribution in [-0.4, -0.2) is 91.0 Å². The molecule has 31 heavy (non-hydrogen) atoms. The van der Waals surface area contributed by atoms with Gasteiger partial charge in [-0.25, -0.2) is 22.9 Å². The van der Waals surface area contributed by atoms with E-state index < -0.39 is 33.3 Å². The highest BCUT2D eigenvalue weighted by molar-refractivity contribution is 7.90. The SMILES string of the molecule is CC(=O)CN1C(=O)N(CC2CNN(C)C2)C(=O)C2CC(S(=O)(=O)NC3(C)CC3)CCC21. The number of hydrazine groups is 1. The molecule has 0 radical (unpaired) electrons. The van der Waals surface area contributed by atoms with Crippen LogP contribution in [0.5, 0.6) is 0 Å². The van der Waals surface area contributed by atoms with E-state index in [1.165, 1.54) is 16.7 Å². The van der Waals surface area contributed by atoms with E-state index >= 15 is 0 Å². The van der Waals surface area contributed by atoms with Crippen LogP contribution in [0.15, 0.2) is 0 Å². The van der Waals surface area contributed by atoms with Gasteiger partial charge in [-0.3, -0.25) is 19.9 Å². The van der Waals surface area contributed by atoms with Crippen LogP contribution in [0.3, 0.4) is 0 Å². The van der Waals surface area contributed by atoms with Gasteiger partial charge < -0.3 is 4.90 Å². The predicted molar refractivity (Wildman–Crippen MR) is 113 cm³/mol. The normalized spacial score (nSPS) is 33.5. The zero-order valence-electron chi connectivity index (χ0n) is 18.5. The smallest absolute Gasteiger partial charge is 0.313 e. The lowest BCUT2D eigenvalue weighted by atomic mass is 9.80. The van der Waals surface area contributed by atoms with Crippen LogP contribution in [0.1, 0.15) is 46.0 Å². The Morgan fingerprint density at radius 1 is 1.26 bits per heavy atom. The zero-order valence-corrected chi connectivity index (χ0v) is 19.3. The van der Waals surface area contributed by atoms with Gasteiger partial charge in [0.1, 0.15) is 5.78 Å². The summed E-state index contributed by atoms with van der Waals surface area (Å²) in [6.07, 6.45) is 2.60. The van der Waals surface area contributed by atoms with Crippen molar-refractivity contribution in [2.75, 3.05) is 33.2 Å². The first kappa shape index (κ1) is 22.6. The third-order valence-electron chi connectivity index (χ3n) is 7.07. The number of nitrogens with zero attached hydrogens (tertiary/aromatic N) is 3. The highest BCUT2D eigenvalue weighted by Gasteiger charge is 2.52. The van der Waals surface area contributed by atoms with Crippen molar-refractivity contribution in [2.45, 2.75) is 62.8 Å². The summed E-state index contributed by atoms with van der Waals surface area (Å²) in [6.45, 7) is 4.89. The fourth-order valence-corrected chi connectivity index (χ4v) is 7.08.